The molecule has 0 aromatic carbocycles. The molecule has 21 heteroatoms. The number of esters is 2. The summed E-state index contributed by atoms with van der Waals surface area (Å²) in [4.78, 5) is 22.4. The summed E-state index contributed by atoms with van der Waals surface area (Å²) in [6.07, 6.45) is -22.4. The Labute approximate surface area is 185 Å². The van der Waals surface area contributed by atoms with Crippen LogP contribution in [0.5, 0.6) is 0 Å². The maximum Gasteiger partial charge on any atom is 0.465 e. The average molecular weight is 570 g/mol. The molecule has 0 rings (SSSR count). The van der Waals surface area contributed by atoms with Crippen molar-refractivity contribution in [1.82, 2.24) is 0 Å². The van der Waals surface area contributed by atoms with Crippen LogP contribution in [-0.2, 0) is 29.2 Å². The molecule has 0 aliphatic rings. The van der Waals surface area contributed by atoms with Gasteiger partial charge in [0.15, 0.2) is 0 Å². The van der Waals surface area contributed by atoms with E-state index in [0.717, 1.165) is 6.92 Å². The van der Waals surface area contributed by atoms with E-state index in [9.17, 15) is 75.1 Å². The van der Waals surface area contributed by atoms with Crippen LogP contribution in [0.25, 0.3) is 0 Å². The molecular formula is C14H11F13O7S. The van der Waals surface area contributed by atoms with E-state index in [1.165, 1.54) is 0 Å². The third-order valence-electron chi connectivity index (χ3n) is 3.74. The fourth-order valence-electron chi connectivity index (χ4n) is 1.93. The summed E-state index contributed by atoms with van der Waals surface area (Å²) in [6, 6.07) is 0. The second kappa shape index (κ2) is 9.62. The van der Waals surface area contributed by atoms with Gasteiger partial charge in [0.2, 0.25) is 0 Å². The van der Waals surface area contributed by atoms with Crippen LogP contribution in [0.15, 0.2) is 12.2 Å². The zero-order chi connectivity index (χ0) is 28.6. The summed E-state index contributed by atoms with van der Waals surface area (Å²) >= 11 is 0. The molecule has 35 heavy (non-hydrogen) atoms. The first kappa shape index (κ1) is 32.7. The van der Waals surface area contributed by atoms with Crippen molar-refractivity contribution in [2.75, 3.05) is 6.61 Å². The Hall–Kier alpha value is -2.32. The van der Waals surface area contributed by atoms with Crippen molar-refractivity contribution in [3.63, 3.8) is 0 Å². The topological polar surface area (TPSA) is 107 Å². The number of alkyl halides is 13. The van der Waals surface area contributed by atoms with E-state index in [0.29, 0.717) is 0 Å². The number of hydrogen-bond acceptors (Lipinski definition) is 6. The predicted molar refractivity (Wildman–Crippen MR) is 82.6 cm³/mol. The van der Waals surface area contributed by atoms with Crippen molar-refractivity contribution in [1.29, 1.82) is 0 Å². The molecule has 0 aromatic rings. The lowest BCUT2D eigenvalue weighted by Gasteiger charge is -2.40. The van der Waals surface area contributed by atoms with Crippen molar-refractivity contribution >= 4 is 22.1 Å². The van der Waals surface area contributed by atoms with E-state index < -0.39 is 81.9 Å². The number of carbonyl (C=O) groups is 2. The summed E-state index contributed by atoms with van der Waals surface area (Å²) in [6.45, 7) is 1.61. The second-order valence-electron chi connectivity index (χ2n) is 6.53. The van der Waals surface area contributed by atoms with Gasteiger partial charge in [-0.1, -0.05) is 6.58 Å². The van der Waals surface area contributed by atoms with E-state index in [4.69, 9.17) is 4.55 Å². The van der Waals surface area contributed by atoms with E-state index in [1.807, 2.05) is 0 Å². The molecule has 0 bridgehead atoms. The molecular weight excluding hydrogens is 559 g/mol. The minimum absolute atomic E-state index is 0.646. The molecule has 1 atom stereocenters. The van der Waals surface area contributed by atoms with E-state index >= 15 is 0 Å². The van der Waals surface area contributed by atoms with Gasteiger partial charge >= 0.3 is 57.2 Å². The summed E-state index contributed by atoms with van der Waals surface area (Å²) in [7, 11) is -6.75. The standard InChI is InChI=1S/C14H11F13O7S/c1-5(2)7(28)33-4-6(34-8(29)10(17,18)35(30,31)32)3-9(15,16)12(20,21)11(19,13(22,23)24)14(25,26)27/h6H,1,3-4H2,2H3,(H,30,31,32). The Morgan fingerprint density at radius 3 is 1.60 bits per heavy atom. The van der Waals surface area contributed by atoms with Gasteiger partial charge in [0.1, 0.15) is 12.7 Å². The highest BCUT2D eigenvalue weighted by molar-refractivity contribution is 7.87. The zero-order valence-electron chi connectivity index (χ0n) is 16.4. The summed E-state index contributed by atoms with van der Waals surface area (Å²) in [5, 5.41) is -6.04. The molecule has 0 amide bonds. The van der Waals surface area contributed by atoms with Gasteiger partial charge in [0.25, 0.3) is 0 Å². The Morgan fingerprint density at radius 2 is 1.29 bits per heavy atom. The molecule has 7 nitrogen and oxygen atoms in total. The average Bonchev–Trinajstić information content (AvgIpc) is 2.61. The number of halogens is 13. The predicted octanol–water partition coefficient (Wildman–Crippen LogP) is 3.99. The van der Waals surface area contributed by atoms with Gasteiger partial charge in [0, 0.05) is 5.57 Å². The van der Waals surface area contributed by atoms with Crippen LogP contribution < -0.4 is 0 Å². The van der Waals surface area contributed by atoms with Crippen LogP contribution in [-0.4, -0.2) is 72.7 Å². The van der Waals surface area contributed by atoms with Crippen LogP contribution in [0.1, 0.15) is 13.3 Å². The maximum absolute atomic E-state index is 14.0. The molecule has 0 saturated carbocycles. The highest BCUT2D eigenvalue weighted by Gasteiger charge is 2.90. The lowest BCUT2D eigenvalue weighted by Crippen LogP contribution is -2.70. The SMILES string of the molecule is C=C(C)C(=O)OCC(CC(F)(F)C(F)(F)C(F)(C(F)(F)F)C(F)(F)F)OC(=O)C(F)(F)S(=O)(=O)O. The molecule has 206 valence electrons. The highest BCUT2D eigenvalue weighted by atomic mass is 32.2. The zero-order valence-corrected chi connectivity index (χ0v) is 17.2. The van der Waals surface area contributed by atoms with Gasteiger partial charge in [-0.25, -0.2) is 14.0 Å². The number of hydrogen-bond donors (Lipinski definition) is 1. The highest BCUT2D eigenvalue weighted by Crippen LogP contribution is 2.60. The van der Waals surface area contributed by atoms with Crippen LogP contribution in [0, 0.1) is 0 Å². The molecule has 1 unspecified atom stereocenters. The maximum atomic E-state index is 14.0. The molecule has 0 aliphatic heterocycles. The monoisotopic (exact) mass is 570 g/mol. The van der Waals surface area contributed by atoms with Gasteiger partial charge in [0.05, 0.1) is 6.42 Å². The van der Waals surface area contributed by atoms with Crippen LogP contribution in [0.2, 0.25) is 0 Å². The molecule has 0 saturated heterocycles. The summed E-state index contributed by atoms with van der Waals surface area (Å²) < 4.78 is 207. The first-order valence-electron chi connectivity index (χ1n) is 8.04. The molecule has 0 aromatic heterocycles. The van der Waals surface area contributed by atoms with E-state index in [2.05, 4.69) is 16.1 Å². The Bertz CT molecular complexity index is 923. The molecule has 0 heterocycles. The minimum atomic E-state index is -7.95. The first-order valence-corrected chi connectivity index (χ1v) is 9.48. The lowest BCUT2D eigenvalue weighted by molar-refractivity contribution is -0.428. The number of ether oxygens (including phenoxy) is 2. The normalized spacial score (nSPS) is 15.4. The molecule has 0 aliphatic carbocycles. The van der Waals surface area contributed by atoms with E-state index in [-0.39, 0.29) is 0 Å². The van der Waals surface area contributed by atoms with Gasteiger partial charge in [-0.15, -0.1) is 0 Å². The smallest absolute Gasteiger partial charge is 0.458 e. The molecule has 1 N–H and O–H groups in total. The van der Waals surface area contributed by atoms with Gasteiger partial charge in [-0.3, -0.25) is 4.55 Å². The Morgan fingerprint density at radius 1 is 0.886 bits per heavy atom. The van der Waals surface area contributed by atoms with Crippen molar-refractivity contribution < 1.29 is 89.1 Å². The van der Waals surface area contributed by atoms with Crippen molar-refractivity contribution in [2.45, 2.75) is 54.6 Å². The van der Waals surface area contributed by atoms with Crippen LogP contribution in [0.3, 0.4) is 0 Å². The molecule has 0 spiro atoms. The fourth-order valence-corrected chi connectivity index (χ4v) is 2.19. The van der Waals surface area contributed by atoms with Crippen LogP contribution in [0.4, 0.5) is 57.1 Å². The second-order valence-corrected chi connectivity index (χ2v) is 8.00. The summed E-state index contributed by atoms with van der Waals surface area (Å²) in [5.41, 5.74) is -8.59. The number of carbonyl (C=O) groups excluding carboxylic acids is 2. The van der Waals surface area contributed by atoms with Crippen molar-refractivity contribution in [2.24, 2.45) is 0 Å². The molecule has 0 fully saturated rings. The van der Waals surface area contributed by atoms with Crippen molar-refractivity contribution in [3.8, 4) is 0 Å². The third-order valence-corrected chi connectivity index (χ3v) is 4.56. The largest absolute Gasteiger partial charge is 0.465 e. The minimum Gasteiger partial charge on any atom is -0.458 e. The van der Waals surface area contributed by atoms with Crippen LogP contribution >= 0.6 is 0 Å². The van der Waals surface area contributed by atoms with Gasteiger partial charge in [-0.05, 0) is 6.92 Å². The Kier molecular flexibility index (Phi) is 8.98. The summed E-state index contributed by atoms with van der Waals surface area (Å²) in [5.74, 6) is -19.9. The third kappa shape index (κ3) is 6.28. The Balaban J connectivity index is 6.47. The first-order chi connectivity index (χ1) is 15.1. The number of rotatable bonds is 10. The quantitative estimate of drug-likeness (QED) is 0.183. The van der Waals surface area contributed by atoms with E-state index in [1.54, 1.807) is 0 Å². The lowest BCUT2D eigenvalue weighted by atomic mass is 9.88. The van der Waals surface area contributed by atoms with Crippen molar-refractivity contribution in [3.05, 3.63) is 12.2 Å². The fraction of sp³-hybridized carbons (Fsp3) is 0.714. The van der Waals surface area contributed by atoms with Gasteiger partial charge < -0.3 is 9.47 Å². The molecule has 0 radical (unpaired) electrons. The van der Waals surface area contributed by atoms with Gasteiger partial charge in [-0.2, -0.15) is 61.1 Å².